The van der Waals surface area contributed by atoms with Crippen LogP contribution in [0.5, 0.6) is 0 Å². The van der Waals surface area contributed by atoms with Crippen LogP contribution in [0.4, 0.5) is 0 Å². The first-order chi connectivity index (χ1) is 8.84. The van der Waals surface area contributed by atoms with Crippen molar-refractivity contribution in [3.8, 4) is 0 Å². The number of benzene rings is 1. The van der Waals surface area contributed by atoms with Crippen molar-refractivity contribution >= 4 is 5.91 Å². The lowest BCUT2D eigenvalue weighted by Gasteiger charge is -2.25. The molecule has 3 heteroatoms. The van der Waals surface area contributed by atoms with Crippen LogP contribution in [0.2, 0.25) is 0 Å². The molecule has 1 heterocycles. The first-order valence-electron chi connectivity index (χ1n) is 6.92. The highest BCUT2D eigenvalue weighted by atomic mass is 16.2. The van der Waals surface area contributed by atoms with Gasteiger partial charge in [0.05, 0.1) is 6.04 Å². The first-order valence-corrected chi connectivity index (χ1v) is 6.92. The summed E-state index contributed by atoms with van der Waals surface area (Å²) in [5.74, 6) is 0.304. The Balaban J connectivity index is 1.70. The molecule has 18 heavy (non-hydrogen) atoms. The molecule has 2 fully saturated rings. The SMILES string of the molecule is O=C([C@H]1CCCN1)N(Cc1ccccc1)C1CC1. The molecular formula is C15H20N2O. The average Bonchev–Trinajstić information content (AvgIpc) is 3.10. The van der Waals surface area contributed by atoms with Gasteiger partial charge < -0.3 is 10.2 Å². The second-order valence-corrected chi connectivity index (χ2v) is 5.33. The van der Waals surface area contributed by atoms with Gasteiger partial charge in [0, 0.05) is 12.6 Å². The number of nitrogens with one attached hydrogen (secondary N) is 1. The third-order valence-electron chi connectivity index (χ3n) is 3.82. The molecular weight excluding hydrogens is 224 g/mol. The minimum atomic E-state index is 0.0642. The zero-order chi connectivity index (χ0) is 12.4. The van der Waals surface area contributed by atoms with Crippen molar-refractivity contribution in [2.45, 2.75) is 44.3 Å². The molecule has 3 nitrogen and oxygen atoms in total. The van der Waals surface area contributed by atoms with E-state index in [0.29, 0.717) is 11.9 Å². The number of rotatable bonds is 4. The standard InChI is InChI=1S/C15H20N2O/c18-15(14-7-4-10-16-14)17(13-8-9-13)11-12-5-2-1-3-6-12/h1-3,5-6,13-14,16H,4,7-11H2/t14-/m1/s1. The lowest BCUT2D eigenvalue weighted by molar-refractivity contribution is -0.134. The van der Waals surface area contributed by atoms with Crippen molar-refractivity contribution in [1.29, 1.82) is 0 Å². The van der Waals surface area contributed by atoms with Crippen molar-refractivity contribution < 1.29 is 4.79 Å². The minimum absolute atomic E-state index is 0.0642. The van der Waals surface area contributed by atoms with Crippen LogP contribution in [0.1, 0.15) is 31.2 Å². The van der Waals surface area contributed by atoms with Gasteiger partial charge in [-0.05, 0) is 37.8 Å². The van der Waals surface area contributed by atoms with Gasteiger partial charge in [0.1, 0.15) is 0 Å². The lowest BCUT2D eigenvalue weighted by Crippen LogP contribution is -2.44. The van der Waals surface area contributed by atoms with E-state index < -0.39 is 0 Å². The van der Waals surface area contributed by atoms with Gasteiger partial charge in [-0.3, -0.25) is 4.79 Å². The maximum Gasteiger partial charge on any atom is 0.240 e. The number of carbonyl (C=O) groups is 1. The summed E-state index contributed by atoms with van der Waals surface area (Å²) < 4.78 is 0. The van der Waals surface area contributed by atoms with Crippen molar-refractivity contribution in [2.75, 3.05) is 6.54 Å². The molecule has 1 aromatic rings. The highest BCUT2D eigenvalue weighted by molar-refractivity contribution is 5.82. The molecule has 2 aliphatic rings. The van der Waals surface area contributed by atoms with Gasteiger partial charge in [0.2, 0.25) is 5.91 Å². The summed E-state index contributed by atoms with van der Waals surface area (Å²) in [6.45, 7) is 1.75. The smallest absolute Gasteiger partial charge is 0.240 e. The molecule has 1 saturated heterocycles. The molecule has 1 aliphatic carbocycles. The van der Waals surface area contributed by atoms with E-state index in [0.717, 1.165) is 25.9 Å². The lowest BCUT2D eigenvalue weighted by atomic mass is 10.1. The van der Waals surface area contributed by atoms with E-state index in [9.17, 15) is 4.79 Å². The fraction of sp³-hybridized carbons (Fsp3) is 0.533. The predicted molar refractivity (Wildman–Crippen MR) is 71.0 cm³/mol. The van der Waals surface area contributed by atoms with Gasteiger partial charge in [-0.25, -0.2) is 0 Å². The van der Waals surface area contributed by atoms with Crippen molar-refractivity contribution in [2.24, 2.45) is 0 Å². The third kappa shape index (κ3) is 2.56. The summed E-state index contributed by atoms with van der Waals surface area (Å²) in [7, 11) is 0. The molecule has 0 aromatic heterocycles. The van der Waals surface area contributed by atoms with Crippen LogP contribution in [-0.4, -0.2) is 29.4 Å². The van der Waals surface area contributed by atoms with Gasteiger partial charge in [0.15, 0.2) is 0 Å². The molecule has 3 rings (SSSR count). The number of nitrogens with zero attached hydrogens (tertiary/aromatic N) is 1. The van der Waals surface area contributed by atoms with E-state index in [-0.39, 0.29) is 6.04 Å². The summed E-state index contributed by atoms with van der Waals surface area (Å²) in [5, 5.41) is 3.31. The van der Waals surface area contributed by atoms with Gasteiger partial charge in [-0.15, -0.1) is 0 Å². The van der Waals surface area contributed by atoms with Crippen LogP contribution >= 0.6 is 0 Å². The van der Waals surface area contributed by atoms with Crippen LogP contribution in [0.25, 0.3) is 0 Å². The molecule has 1 amide bonds. The largest absolute Gasteiger partial charge is 0.334 e. The summed E-state index contributed by atoms with van der Waals surface area (Å²) in [6, 6.07) is 10.9. The fourth-order valence-corrected chi connectivity index (χ4v) is 2.65. The Morgan fingerprint density at radius 1 is 1.22 bits per heavy atom. The maximum atomic E-state index is 12.5. The van der Waals surface area contributed by atoms with Gasteiger partial charge in [0.25, 0.3) is 0 Å². The summed E-state index contributed by atoms with van der Waals surface area (Å²) in [5.41, 5.74) is 1.23. The van der Waals surface area contributed by atoms with Crippen molar-refractivity contribution in [3.63, 3.8) is 0 Å². The number of hydrogen-bond donors (Lipinski definition) is 1. The van der Waals surface area contributed by atoms with Crippen LogP contribution < -0.4 is 5.32 Å². The normalized spacial score (nSPS) is 23.0. The molecule has 1 saturated carbocycles. The van der Waals surface area contributed by atoms with Gasteiger partial charge >= 0.3 is 0 Å². The zero-order valence-corrected chi connectivity index (χ0v) is 10.6. The Morgan fingerprint density at radius 2 is 2.00 bits per heavy atom. The van der Waals surface area contributed by atoms with Crippen molar-refractivity contribution in [1.82, 2.24) is 10.2 Å². The molecule has 1 aromatic carbocycles. The van der Waals surface area contributed by atoms with E-state index in [1.807, 2.05) is 18.2 Å². The van der Waals surface area contributed by atoms with E-state index in [1.165, 1.54) is 18.4 Å². The quantitative estimate of drug-likeness (QED) is 0.877. The van der Waals surface area contributed by atoms with E-state index in [4.69, 9.17) is 0 Å². The van der Waals surface area contributed by atoms with Crippen LogP contribution in [0.3, 0.4) is 0 Å². The Bertz CT molecular complexity index is 408. The Labute approximate surface area is 108 Å². The maximum absolute atomic E-state index is 12.5. The van der Waals surface area contributed by atoms with E-state index in [1.54, 1.807) is 0 Å². The van der Waals surface area contributed by atoms with Crippen LogP contribution in [-0.2, 0) is 11.3 Å². The monoisotopic (exact) mass is 244 g/mol. The van der Waals surface area contributed by atoms with Crippen LogP contribution in [0.15, 0.2) is 30.3 Å². The fourth-order valence-electron chi connectivity index (χ4n) is 2.65. The third-order valence-corrected chi connectivity index (χ3v) is 3.82. The topological polar surface area (TPSA) is 32.3 Å². The zero-order valence-electron chi connectivity index (χ0n) is 10.6. The molecule has 0 spiro atoms. The minimum Gasteiger partial charge on any atom is -0.334 e. The second kappa shape index (κ2) is 5.11. The molecule has 0 unspecified atom stereocenters. The summed E-state index contributed by atoms with van der Waals surface area (Å²) in [6.07, 6.45) is 4.47. The Hall–Kier alpha value is -1.35. The number of hydrogen-bond acceptors (Lipinski definition) is 2. The van der Waals surface area contributed by atoms with E-state index >= 15 is 0 Å². The molecule has 1 atom stereocenters. The van der Waals surface area contributed by atoms with E-state index in [2.05, 4.69) is 22.3 Å². The second-order valence-electron chi connectivity index (χ2n) is 5.33. The Kier molecular flexibility index (Phi) is 3.33. The summed E-state index contributed by atoms with van der Waals surface area (Å²) >= 11 is 0. The van der Waals surface area contributed by atoms with Crippen LogP contribution in [0, 0.1) is 0 Å². The highest BCUT2D eigenvalue weighted by Crippen LogP contribution is 2.29. The summed E-state index contributed by atoms with van der Waals surface area (Å²) in [4.78, 5) is 14.6. The number of amides is 1. The molecule has 1 aliphatic heterocycles. The van der Waals surface area contributed by atoms with Gasteiger partial charge in [-0.2, -0.15) is 0 Å². The average molecular weight is 244 g/mol. The first kappa shape index (κ1) is 11.7. The predicted octanol–water partition coefficient (Wildman–Crippen LogP) is 1.93. The van der Waals surface area contributed by atoms with Gasteiger partial charge in [-0.1, -0.05) is 30.3 Å². The Morgan fingerprint density at radius 3 is 2.61 bits per heavy atom. The number of carbonyl (C=O) groups excluding carboxylic acids is 1. The molecule has 96 valence electrons. The molecule has 1 N–H and O–H groups in total. The molecule has 0 bridgehead atoms. The highest BCUT2D eigenvalue weighted by Gasteiger charge is 2.36. The molecule has 0 radical (unpaired) electrons. The van der Waals surface area contributed by atoms with Crippen molar-refractivity contribution in [3.05, 3.63) is 35.9 Å².